The Labute approximate surface area is 232 Å². The van der Waals surface area contributed by atoms with Gasteiger partial charge in [-0.05, 0) is 77.1 Å². The van der Waals surface area contributed by atoms with Gasteiger partial charge in [0.2, 0.25) is 17.7 Å². The lowest BCUT2D eigenvalue weighted by molar-refractivity contribution is -0.152. The molecule has 9 heteroatoms. The summed E-state index contributed by atoms with van der Waals surface area (Å²) >= 11 is 0. The van der Waals surface area contributed by atoms with Crippen LogP contribution in [0.4, 0.5) is 5.69 Å². The minimum atomic E-state index is -1.13. The van der Waals surface area contributed by atoms with E-state index in [2.05, 4.69) is 10.6 Å². The number of nitrogens with zero attached hydrogens (tertiary/aromatic N) is 1. The molecule has 1 aromatic carbocycles. The van der Waals surface area contributed by atoms with E-state index in [-0.39, 0.29) is 30.2 Å². The molecular formula is C30H45N3O6. The zero-order valence-corrected chi connectivity index (χ0v) is 24.4. The van der Waals surface area contributed by atoms with Crippen LogP contribution in [0.2, 0.25) is 0 Å². The highest BCUT2D eigenvalue weighted by molar-refractivity contribution is 6.02. The number of hydrogen-bond acceptors (Lipinski definition) is 6. The van der Waals surface area contributed by atoms with Crippen LogP contribution in [-0.4, -0.2) is 69.8 Å². The number of anilines is 1. The number of carbonyl (C=O) groups is 3. The fourth-order valence-electron chi connectivity index (χ4n) is 6.98. The standard InChI is InChI=1S/C30H45N3O6/c1-8-18(4)21(17-34)33-24(26(36)32-28(5,6)7)30-16-15-29(9-2,39-30)22(23(30)27(33)37)25(35)31-19-11-13-20(14-12-19)38-10-3/h11-14,18,21-24,34H,8-10,15-17H2,1-7H3,(H,31,35)(H,32,36)/t18-,21-,22+,23-,24?,29-,30?/m0/s1. The predicted molar refractivity (Wildman–Crippen MR) is 148 cm³/mol. The van der Waals surface area contributed by atoms with Crippen molar-refractivity contribution in [1.29, 1.82) is 0 Å². The Morgan fingerprint density at radius 1 is 1.15 bits per heavy atom. The number of aliphatic hydroxyl groups is 1. The molecule has 2 bridgehead atoms. The van der Waals surface area contributed by atoms with Crippen LogP contribution in [0, 0.1) is 17.8 Å². The van der Waals surface area contributed by atoms with E-state index in [1.807, 2.05) is 48.5 Å². The zero-order valence-electron chi connectivity index (χ0n) is 24.4. The smallest absolute Gasteiger partial charge is 0.246 e. The molecule has 0 aliphatic carbocycles. The molecule has 4 rings (SSSR count). The van der Waals surface area contributed by atoms with Crippen molar-refractivity contribution in [3.63, 3.8) is 0 Å². The molecule has 3 heterocycles. The normalized spacial score (nSPS) is 31.1. The van der Waals surface area contributed by atoms with Gasteiger partial charge in [0.25, 0.3) is 0 Å². The summed E-state index contributed by atoms with van der Waals surface area (Å²) < 4.78 is 12.3. The second kappa shape index (κ2) is 10.7. The molecule has 2 unspecified atom stereocenters. The van der Waals surface area contributed by atoms with Crippen molar-refractivity contribution in [2.75, 3.05) is 18.5 Å². The molecule has 1 spiro atoms. The van der Waals surface area contributed by atoms with Crippen LogP contribution in [0.25, 0.3) is 0 Å². The maximum Gasteiger partial charge on any atom is 0.246 e. The van der Waals surface area contributed by atoms with Gasteiger partial charge in [0.05, 0.1) is 36.7 Å². The first-order chi connectivity index (χ1) is 18.4. The topological polar surface area (TPSA) is 117 Å². The van der Waals surface area contributed by atoms with Crippen LogP contribution in [0.3, 0.4) is 0 Å². The summed E-state index contributed by atoms with van der Waals surface area (Å²) in [5.41, 5.74) is -1.91. The Kier molecular flexibility index (Phi) is 8.07. The first kappa shape index (κ1) is 29.3. The highest BCUT2D eigenvalue weighted by Crippen LogP contribution is 2.64. The van der Waals surface area contributed by atoms with Crippen LogP contribution < -0.4 is 15.4 Å². The molecule has 3 aliphatic rings. The maximum absolute atomic E-state index is 14.4. The van der Waals surface area contributed by atoms with Crippen LogP contribution in [0.1, 0.15) is 74.1 Å². The van der Waals surface area contributed by atoms with E-state index >= 15 is 0 Å². The summed E-state index contributed by atoms with van der Waals surface area (Å²) in [5.74, 6) is -1.80. The molecule has 7 atom stereocenters. The highest BCUT2D eigenvalue weighted by Gasteiger charge is 2.79. The zero-order chi connectivity index (χ0) is 28.8. The van der Waals surface area contributed by atoms with Gasteiger partial charge in [-0.25, -0.2) is 0 Å². The molecule has 39 heavy (non-hydrogen) atoms. The monoisotopic (exact) mass is 543 g/mol. The van der Waals surface area contributed by atoms with Crippen molar-refractivity contribution >= 4 is 23.4 Å². The Balaban J connectivity index is 1.75. The molecule has 3 saturated heterocycles. The largest absolute Gasteiger partial charge is 0.494 e. The molecule has 9 nitrogen and oxygen atoms in total. The summed E-state index contributed by atoms with van der Waals surface area (Å²) in [7, 11) is 0. The van der Waals surface area contributed by atoms with Crippen LogP contribution >= 0.6 is 0 Å². The number of aliphatic hydroxyl groups excluding tert-OH is 1. The van der Waals surface area contributed by atoms with Crippen LogP contribution in [0.5, 0.6) is 5.75 Å². The van der Waals surface area contributed by atoms with Crippen LogP contribution in [0.15, 0.2) is 24.3 Å². The van der Waals surface area contributed by atoms with Gasteiger partial charge < -0.3 is 30.1 Å². The minimum Gasteiger partial charge on any atom is -0.494 e. The third kappa shape index (κ3) is 4.92. The highest BCUT2D eigenvalue weighted by atomic mass is 16.5. The molecule has 3 amide bonds. The van der Waals surface area contributed by atoms with Gasteiger partial charge in [-0.3, -0.25) is 14.4 Å². The van der Waals surface area contributed by atoms with E-state index in [0.717, 1.165) is 6.42 Å². The van der Waals surface area contributed by atoms with Crippen molar-refractivity contribution in [3.05, 3.63) is 24.3 Å². The molecule has 3 N–H and O–H groups in total. The molecule has 3 aliphatic heterocycles. The fourth-order valence-corrected chi connectivity index (χ4v) is 6.98. The van der Waals surface area contributed by atoms with E-state index < -0.39 is 40.7 Å². The second-order valence-electron chi connectivity index (χ2n) is 12.4. The van der Waals surface area contributed by atoms with Gasteiger partial charge in [-0.1, -0.05) is 27.2 Å². The van der Waals surface area contributed by atoms with E-state index in [1.54, 1.807) is 29.2 Å². The van der Waals surface area contributed by atoms with E-state index in [1.165, 1.54) is 0 Å². The Morgan fingerprint density at radius 2 is 1.82 bits per heavy atom. The lowest BCUT2D eigenvalue weighted by Gasteiger charge is -2.40. The number of carbonyl (C=O) groups excluding carboxylic acids is 3. The number of fused-ring (bicyclic) bond motifs is 1. The van der Waals surface area contributed by atoms with Crippen molar-refractivity contribution in [2.45, 2.75) is 103 Å². The van der Waals surface area contributed by atoms with Crippen LogP contribution in [-0.2, 0) is 19.1 Å². The quantitative estimate of drug-likeness (QED) is 0.416. The Morgan fingerprint density at radius 3 is 2.36 bits per heavy atom. The average molecular weight is 544 g/mol. The Bertz CT molecular complexity index is 1090. The lowest BCUT2D eigenvalue weighted by atomic mass is 9.65. The van der Waals surface area contributed by atoms with Crippen molar-refractivity contribution in [2.24, 2.45) is 17.8 Å². The second-order valence-corrected chi connectivity index (χ2v) is 12.4. The number of amides is 3. The van der Waals surface area contributed by atoms with E-state index in [9.17, 15) is 19.5 Å². The number of nitrogens with one attached hydrogen (secondary N) is 2. The summed E-state index contributed by atoms with van der Waals surface area (Å²) in [6, 6.07) is 5.64. The molecule has 0 aromatic heterocycles. The van der Waals surface area contributed by atoms with Gasteiger partial charge in [-0.15, -0.1) is 0 Å². The van der Waals surface area contributed by atoms with Crippen molar-refractivity contribution < 1.29 is 29.0 Å². The third-order valence-corrected chi connectivity index (χ3v) is 8.93. The van der Waals surface area contributed by atoms with Gasteiger partial charge >= 0.3 is 0 Å². The van der Waals surface area contributed by atoms with E-state index in [4.69, 9.17) is 9.47 Å². The summed E-state index contributed by atoms with van der Waals surface area (Å²) in [5, 5.41) is 16.5. The minimum absolute atomic E-state index is 0.0485. The van der Waals surface area contributed by atoms with Gasteiger partial charge in [0.1, 0.15) is 17.4 Å². The van der Waals surface area contributed by atoms with Gasteiger partial charge in [-0.2, -0.15) is 0 Å². The molecule has 0 radical (unpaired) electrons. The first-order valence-electron chi connectivity index (χ1n) is 14.4. The third-order valence-electron chi connectivity index (χ3n) is 8.93. The summed E-state index contributed by atoms with van der Waals surface area (Å²) in [6.45, 7) is 13.8. The number of benzene rings is 1. The fraction of sp³-hybridized carbons (Fsp3) is 0.700. The molecule has 216 valence electrons. The van der Waals surface area contributed by atoms with Crippen molar-refractivity contribution in [1.82, 2.24) is 10.2 Å². The number of hydrogen-bond donors (Lipinski definition) is 3. The van der Waals surface area contributed by atoms with Gasteiger partial charge in [0, 0.05) is 11.2 Å². The SMILES string of the molecule is CCOc1ccc(NC(=O)[C@H]2[C@H]3C(=O)N([C@@H](CO)[C@@H](C)CC)C(C(=O)NC(C)(C)C)C34CC[C@]2(CC)O4)cc1. The first-order valence-corrected chi connectivity index (χ1v) is 14.4. The summed E-state index contributed by atoms with van der Waals surface area (Å²) in [6.07, 6.45) is 2.35. The van der Waals surface area contributed by atoms with Gasteiger partial charge in [0.15, 0.2) is 0 Å². The number of likely N-dealkylation sites (tertiary alicyclic amines) is 1. The maximum atomic E-state index is 14.4. The number of ether oxygens (including phenoxy) is 2. The summed E-state index contributed by atoms with van der Waals surface area (Å²) in [4.78, 5) is 43.8. The molecular weight excluding hydrogens is 498 g/mol. The Hall–Kier alpha value is -2.65. The molecule has 1 aromatic rings. The average Bonchev–Trinajstić information content (AvgIpc) is 3.48. The van der Waals surface area contributed by atoms with E-state index in [0.29, 0.717) is 37.3 Å². The molecule has 0 saturated carbocycles. The van der Waals surface area contributed by atoms with Crippen molar-refractivity contribution in [3.8, 4) is 5.75 Å². The lowest BCUT2D eigenvalue weighted by Crippen LogP contribution is -2.61. The predicted octanol–water partition coefficient (Wildman–Crippen LogP) is 3.50. The number of rotatable bonds is 10. The molecule has 3 fully saturated rings.